The molecule has 2 heteroatoms. The summed E-state index contributed by atoms with van der Waals surface area (Å²) in [5, 5.41) is 2.71. The molecule has 0 bridgehead atoms. The number of hydrogen-bond acceptors (Lipinski definition) is 2. The molecular weight excluding hydrogens is 292 g/mol. The highest BCUT2D eigenvalue weighted by Gasteiger charge is 2.15. The van der Waals surface area contributed by atoms with Gasteiger partial charge in [0.2, 0.25) is 0 Å². The fourth-order valence-corrected chi connectivity index (χ4v) is 3.80. The molecular formula is C22H24N2. The van der Waals surface area contributed by atoms with E-state index < -0.39 is 0 Å². The van der Waals surface area contributed by atoms with Gasteiger partial charge < -0.3 is 4.90 Å². The summed E-state index contributed by atoms with van der Waals surface area (Å²) in [4.78, 5) is 7.18. The Hall–Kier alpha value is -2.35. The van der Waals surface area contributed by atoms with Crippen molar-refractivity contribution in [1.82, 2.24) is 4.98 Å². The second kappa shape index (κ2) is 7.04. The van der Waals surface area contributed by atoms with Crippen molar-refractivity contribution >= 4 is 16.6 Å². The largest absolute Gasteiger partial charge is 0.356 e. The number of fused-ring (bicyclic) bond motifs is 1. The summed E-state index contributed by atoms with van der Waals surface area (Å²) < 4.78 is 0. The Bertz CT molecular complexity index is 814. The van der Waals surface area contributed by atoms with E-state index in [0.717, 1.165) is 25.9 Å². The first-order valence-electron chi connectivity index (χ1n) is 9.07. The molecule has 4 rings (SSSR count). The number of hydrogen-bond donors (Lipinski definition) is 0. The van der Waals surface area contributed by atoms with Gasteiger partial charge in [-0.1, -0.05) is 48.5 Å². The average molecular weight is 316 g/mol. The zero-order chi connectivity index (χ0) is 16.2. The van der Waals surface area contributed by atoms with Crippen LogP contribution >= 0.6 is 0 Å². The van der Waals surface area contributed by atoms with E-state index in [2.05, 4.69) is 59.5 Å². The summed E-state index contributed by atoms with van der Waals surface area (Å²) in [6.45, 7) is 2.30. The fraction of sp³-hybridized carbons (Fsp3) is 0.318. The first kappa shape index (κ1) is 15.2. The Morgan fingerprint density at radius 3 is 2.42 bits per heavy atom. The Labute approximate surface area is 144 Å². The van der Waals surface area contributed by atoms with Crippen LogP contribution < -0.4 is 4.90 Å². The molecule has 24 heavy (non-hydrogen) atoms. The average Bonchev–Trinajstić information content (AvgIpc) is 2.67. The first-order valence-corrected chi connectivity index (χ1v) is 9.07. The van der Waals surface area contributed by atoms with Gasteiger partial charge in [0, 0.05) is 19.3 Å². The van der Waals surface area contributed by atoms with Crippen molar-refractivity contribution < 1.29 is 0 Å². The maximum absolute atomic E-state index is 4.70. The molecule has 3 aromatic rings. The van der Waals surface area contributed by atoms with E-state index in [1.807, 2.05) is 6.20 Å². The predicted molar refractivity (Wildman–Crippen MR) is 102 cm³/mol. The Morgan fingerprint density at radius 2 is 1.50 bits per heavy atom. The lowest BCUT2D eigenvalue weighted by Gasteiger charge is -2.29. The molecule has 0 N–H and O–H groups in total. The van der Waals surface area contributed by atoms with Crippen molar-refractivity contribution in [3.05, 3.63) is 71.9 Å². The molecule has 2 heterocycles. The van der Waals surface area contributed by atoms with Crippen LogP contribution in [-0.4, -0.2) is 18.1 Å². The third kappa shape index (κ3) is 3.14. The Kier molecular flexibility index (Phi) is 4.46. The van der Waals surface area contributed by atoms with E-state index in [1.54, 1.807) is 0 Å². The lowest BCUT2D eigenvalue weighted by Crippen LogP contribution is -2.31. The van der Waals surface area contributed by atoms with Crippen LogP contribution in [0.5, 0.6) is 0 Å². The van der Waals surface area contributed by atoms with Crippen LogP contribution in [0.3, 0.4) is 0 Å². The smallest absolute Gasteiger partial charge is 0.131 e. The topological polar surface area (TPSA) is 16.1 Å². The molecule has 2 nitrogen and oxygen atoms in total. The molecule has 122 valence electrons. The van der Waals surface area contributed by atoms with Crippen LogP contribution in [0.4, 0.5) is 5.82 Å². The number of benzene rings is 2. The van der Waals surface area contributed by atoms with Crippen molar-refractivity contribution in [3.8, 4) is 0 Å². The van der Waals surface area contributed by atoms with Crippen LogP contribution in [-0.2, 0) is 12.8 Å². The van der Waals surface area contributed by atoms with Gasteiger partial charge in [-0.05, 0) is 60.1 Å². The van der Waals surface area contributed by atoms with Crippen molar-refractivity contribution in [2.45, 2.75) is 32.1 Å². The molecule has 1 fully saturated rings. The predicted octanol–water partition coefficient (Wildman–Crippen LogP) is 5.01. The SMILES string of the molecule is c1cnc(N2CCCCC2)c(CCc2cccc3ccccc23)c1. The molecule has 0 spiro atoms. The van der Waals surface area contributed by atoms with E-state index in [9.17, 15) is 0 Å². The van der Waals surface area contributed by atoms with Crippen LogP contribution in [0.2, 0.25) is 0 Å². The normalized spacial score (nSPS) is 14.9. The van der Waals surface area contributed by atoms with Gasteiger partial charge in [-0.2, -0.15) is 0 Å². The van der Waals surface area contributed by atoms with Gasteiger partial charge >= 0.3 is 0 Å². The van der Waals surface area contributed by atoms with E-state index in [4.69, 9.17) is 4.98 Å². The van der Waals surface area contributed by atoms with Crippen LogP contribution in [0.1, 0.15) is 30.4 Å². The molecule has 0 saturated carbocycles. The molecule has 0 atom stereocenters. The van der Waals surface area contributed by atoms with Gasteiger partial charge in [-0.3, -0.25) is 0 Å². The lowest BCUT2D eigenvalue weighted by atomic mass is 9.98. The van der Waals surface area contributed by atoms with Gasteiger partial charge in [0.05, 0.1) is 0 Å². The van der Waals surface area contributed by atoms with Gasteiger partial charge in [0.25, 0.3) is 0 Å². The number of nitrogens with zero attached hydrogens (tertiary/aromatic N) is 2. The second-order valence-corrected chi connectivity index (χ2v) is 6.67. The fourth-order valence-electron chi connectivity index (χ4n) is 3.80. The summed E-state index contributed by atoms with van der Waals surface area (Å²) in [6, 6.07) is 19.6. The number of aromatic nitrogens is 1. The summed E-state index contributed by atoms with van der Waals surface area (Å²) in [7, 11) is 0. The molecule has 1 aliphatic rings. The van der Waals surface area contributed by atoms with Crippen molar-refractivity contribution in [2.24, 2.45) is 0 Å². The highest BCUT2D eigenvalue weighted by molar-refractivity contribution is 5.85. The number of piperidine rings is 1. The van der Waals surface area contributed by atoms with E-state index in [0.29, 0.717) is 0 Å². The quantitative estimate of drug-likeness (QED) is 0.672. The summed E-state index contributed by atoms with van der Waals surface area (Å²) in [6.07, 6.45) is 7.99. The molecule has 0 unspecified atom stereocenters. The monoisotopic (exact) mass is 316 g/mol. The lowest BCUT2D eigenvalue weighted by molar-refractivity contribution is 0.571. The maximum Gasteiger partial charge on any atom is 0.131 e. The third-order valence-corrected chi connectivity index (χ3v) is 5.07. The molecule has 1 aromatic heterocycles. The van der Waals surface area contributed by atoms with Crippen molar-refractivity contribution in [2.75, 3.05) is 18.0 Å². The molecule has 2 aromatic carbocycles. The van der Waals surface area contributed by atoms with E-state index in [1.165, 1.54) is 47.0 Å². The van der Waals surface area contributed by atoms with Gasteiger partial charge in [0.15, 0.2) is 0 Å². The molecule has 0 radical (unpaired) electrons. The van der Waals surface area contributed by atoms with Crippen LogP contribution in [0, 0.1) is 0 Å². The van der Waals surface area contributed by atoms with E-state index >= 15 is 0 Å². The number of pyridine rings is 1. The Morgan fingerprint density at radius 1 is 0.750 bits per heavy atom. The molecule has 1 aliphatic heterocycles. The van der Waals surface area contributed by atoms with Crippen molar-refractivity contribution in [1.29, 1.82) is 0 Å². The van der Waals surface area contributed by atoms with Crippen LogP contribution in [0.25, 0.3) is 10.8 Å². The number of rotatable bonds is 4. The van der Waals surface area contributed by atoms with Gasteiger partial charge in [0.1, 0.15) is 5.82 Å². The minimum Gasteiger partial charge on any atom is -0.356 e. The number of anilines is 1. The molecule has 0 aliphatic carbocycles. The molecule has 0 amide bonds. The second-order valence-electron chi connectivity index (χ2n) is 6.67. The summed E-state index contributed by atoms with van der Waals surface area (Å²) in [5.74, 6) is 1.21. The minimum atomic E-state index is 1.05. The molecule has 1 saturated heterocycles. The highest BCUT2D eigenvalue weighted by atomic mass is 15.2. The zero-order valence-corrected chi connectivity index (χ0v) is 14.1. The standard InChI is InChI=1S/C22H24N2/c1-4-16-24(17-5-1)22-20(11-7-15-23-22)14-13-19-10-6-9-18-8-2-3-12-21(18)19/h2-3,6-12,15H,1,4-5,13-14,16-17H2. The highest BCUT2D eigenvalue weighted by Crippen LogP contribution is 2.25. The summed E-state index contributed by atoms with van der Waals surface area (Å²) in [5.41, 5.74) is 2.81. The van der Waals surface area contributed by atoms with Crippen LogP contribution in [0.15, 0.2) is 60.8 Å². The van der Waals surface area contributed by atoms with Crippen molar-refractivity contribution in [3.63, 3.8) is 0 Å². The van der Waals surface area contributed by atoms with E-state index in [-0.39, 0.29) is 0 Å². The third-order valence-electron chi connectivity index (χ3n) is 5.07. The Balaban J connectivity index is 1.57. The number of aryl methyl sites for hydroxylation is 2. The van der Waals surface area contributed by atoms with Gasteiger partial charge in [-0.15, -0.1) is 0 Å². The summed E-state index contributed by atoms with van der Waals surface area (Å²) >= 11 is 0. The van der Waals surface area contributed by atoms with Gasteiger partial charge in [-0.25, -0.2) is 4.98 Å². The maximum atomic E-state index is 4.70. The zero-order valence-electron chi connectivity index (χ0n) is 14.1. The minimum absolute atomic E-state index is 1.05. The first-order chi connectivity index (χ1) is 11.9.